The summed E-state index contributed by atoms with van der Waals surface area (Å²) >= 11 is 0. The third-order valence-corrected chi connectivity index (χ3v) is 3.50. The van der Waals surface area contributed by atoms with Crippen molar-refractivity contribution in [1.29, 1.82) is 0 Å². The van der Waals surface area contributed by atoms with Crippen LogP contribution in [0.5, 0.6) is 0 Å². The fourth-order valence-corrected chi connectivity index (χ4v) is 2.17. The molecule has 0 radical (unpaired) electrons. The topological polar surface area (TPSA) is 29.1 Å². The summed E-state index contributed by atoms with van der Waals surface area (Å²) in [6.07, 6.45) is -6.04. The molecule has 0 heterocycles. The highest BCUT2D eigenvalue weighted by Crippen LogP contribution is 2.36. The van der Waals surface area contributed by atoms with Crippen LogP contribution in [-0.4, -0.2) is 18.0 Å². The number of hydrogen-bond acceptors (Lipinski definition) is 1. The summed E-state index contributed by atoms with van der Waals surface area (Å²) in [5.41, 5.74) is 0.809. The minimum atomic E-state index is -6.00. The van der Waals surface area contributed by atoms with Crippen LogP contribution in [0, 0.1) is 5.82 Å². The molecule has 0 aliphatic carbocycles. The van der Waals surface area contributed by atoms with Gasteiger partial charge in [0.15, 0.2) is 0 Å². The van der Waals surface area contributed by atoms with Gasteiger partial charge in [-0.15, -0.1) is 0 Å². The van der Waals surface area contributed by atoms with Gasteiger partial charge in [0.2, 0.25) is 0 Å². The van der Waals surface area contributed by atoms with Gasteiger partial charge < -0.3 is 5.32 Å². The first-order valence-electron chi connectivity index (χ1n) is 7.16. The zero-order valence-electron chi connectivity index (χ0n) is 12.7. The van der Waals surface area contributed by atoms with Gasteiger partial charge in [0.05, 0.1) is 6.04 Å². The Morgan fingerprint density at radius 3 is 2.00 bits per heavy atom. The lowest BCUT2D eigenvalue weighted by atomic mass is 9.98. The molecular weight excluding hydrogens is 348 g/mol. The molecule has 8 heteroatoms. The Hall–Kier alpha value is -2.51. The van der Waals surface area contributed by atoms with Crippen LogP contribution in [0.25, 0.3) is 0 Å². The summed E-state index contributed by atoms with van der Waals surface area (Å²) in [5, 5.41) is 1.72. The fourth-order valence-electron chi connectivity index (χ4n) is 2.17. The normalized spacial score (nSPS) is 13.4. The molecule has 1 atom stereocenters. The van der Waals surface area contributed by atoms with E-state index in [4.69, 9.17) is 0 Å². The second-order valence-electron chi connectivity index (χ2n) is 5.34. The van der Waals surface area contributed by atoms with E-state index in [-0.39, 0.29) is 12.0 Å². The van der Waals surface area contributed by atoms with Crippen molar-refractivity contribution in [2.75, 3.05) is 0 Å². The smallest absolute Gasteiger partial charge is 0.343 e. The van der Waals surface area contributed by atoms with Crippen molar-refractivity contribution in [3.8, 4) is 0 Å². The Kier molecular flexibility index (Phi) is 5.39. The summed E-state index contributed by atoms with van der Waals surface area (Å²) in [7, 11) is 0. The molecule has 0 bridgehead atoms. The van der Waals surface area contributed by atoms with Crippen molar-refractivity contribution in [1.82, 2.24) is 5.32 Å². The van der Waals surface area contributed by atoms with Gasteiger partial charge in [-0.1, -0.05) is 42.5 Å². The van der Waals surface area contributed by atoms with Crippen LogP contribution >= 0.6 is 0 Å². The Labute approximate surface area is 139 Å². The van der Waals surface area contributed by atoms with E-state index in [2.05, 4.69) is 0 Å². The predicted octanol–water partition coefficient (Wildman–Crippen LogP) is 4.42. The highest BCUT2D eigenvalue weighted by Gasteiger charge is 2.63. The Bertz CT molecular complexity index is 712. The van der Waals surface area contributed by atoms with Gasteiger partial charge in [-0.25, -0.2) is 4.39 Å². The number of rotatable bonds is 5. The molecule has 2 aromatic carbocycles. The standard InChI is InChI=1S/C17H13F6NO/c18-13-8-6-12(7-9-13)14(10-11-4-2-1-3-5-11)24-15(25)16(19,20)17(21,22)23/h1-9,14H,10H2,(H,24,25)/t14-/m0/s1. The van der Waals surface area contributed by atoms with Crippen LogP contribution in [0.4, 0.5) is 26.3 Å². The molecule has 0 aliphatic rings. The molecular formula is C17H13F6NO. The average Bonchev–Trinajstić information content (AvgIpc) is 2.54. The van der Waals surface area contributed by atoms with Crippen molar-refractivity contribution >= 4 is 5.91 Å². The summed E-state index contributed by atoms with van der Waals surface area (Å²) in [4.78, 5) is 11.5. The van der Waals surface area contributed by atoms with Crippen molar-refractivity contribution in [2.24, 2.45) is 0 Å². The van der Waals surface area contributed by atoms with Crippen LogP contribution in [0.15, 0.2) is 54.6 Å². The fraction of sp³-hybridized carbons (Fsp3) is 0.235. The number of amides is 1. The highest BCUT2D eigenvalue weighted by molar-refractivity contribution is 5.84. The molecule has 0 aromatic heterocycles. The maximum absolute atomic E-state index is 13.2. The minimum Gasteiger partial charge on any atom is -0.343 e. The van der Waals surface area contributed by atoms with Gasteiger partial charge in [-0.2, -0.15) is 22.0 Å². The summed E-state index contributed by atoms with van der Waals surface area (Å²) in [6.45, 7) is 0. The molecule has 0 unspecified atom stereocenters. The van der Waals surface area contributed by atoms with Gasteiger partial charge in [0.1, 0.15) is 5.82 Å². The zero-order chi connectivity index (χ0) is 18.7. The lowest BCUT2D eigenvalue weighted by Crippen LogP contribution is -2.51. The molecule has 0 spiro atoms. The molecule has 0 saturated heterocycles. The number of carbonyl (C=O) groups is 1. The third-order valence-electron chi connectivity index (χ3n) is 3.50. The molecule has 1 N–H and O–H groups in total. The molecule has 0 fully saturated rings. The lowest BCUT2D eigenvalue weighted by Gasteiger charge is -2.24. The van der Waals surface area contributed by atoms with Crippen LogP contribution in [-0.2, 0) is 11.2 Å². The number of carbonyl (C=O) groups excluding carboxylic acids is 1. The van der Waals surface area contributed by atoms with E-state index in [1.54, 1.807) is 35.6 Å². The van der Waals surface area contributed by atoms with Gasteiger partial charge >= 0.3 is 18.0 Å². The molecule has 1 amide bonds. The Morgan fingerprint density at radius 2 is 1.48 bits per heavy atom. The van der Waals surface area contributed by atoms with Gasteiger partial charge in [-0.3, -0.25) is 4.79 Å². The third kappa shape index (κ3) is 4.52. The van der Waals surface area contributed by atoms with Gasteiger partial charge in [-0.05, 0) is 29.7 Å². The minimum absolute atomic E-state index is 0.0356. The predicted molar refractivity (Wildman–Crippen MR) is 78.4 cm³/mol. The first-order chi connectivity index (χ1) is 11.6. The van der Waals surface area contributed by atoms with E-state index in [0.29, 0.717) is 5.56 Å². The molecule has 0 saturated carbocycles. The Morgan fingerprint density at radius 1 is 0.920 bits per heavy atom. The van der Waals surface area contributed by atoms with E-state index >= 15 is 0 Å². The van der Waals surface area contributed by atoms with Crippen molar-refractivity contribution < 1.29 is 31.1 Å². The van der Waals surface area contributed by atoms with E-state index in [9.17, 15) is 31.1 Å². The van der Waals surface area contributed by atoms with Crippen molar-refractivity contribution in [2.45, 2.75) is 24.6 Å². The van der Waals surface area contributed by atoms with E-state index in [1.165, 1.54) is 12.1 Å². The molecule has 2 rings (SSSR count). The first-order valence-corrected chi connectivity index (χ1v) is 7.16. The second-order valence-corrected chi connectivity index (χ2v) is 5.34. The van der Waals surface area contributed by atoms with Gasteiger partial charge in [0.25, 0.3) is 0 Å². The number of alkyl halides is 5. The van der Waals surface area contributed by atoms with E-state index in [0.717, 1.165) is 12.1 Å². The number of nitrogens with one attached hydrogen (secondary N) is 1. The van der Waals surface area contributed by atoms with Crippen molar-refractivity contribution in [3.05, 3.63) is 71.5 Å². The van der Waals surface area contributed by atoms with Crippen LogP contribution in [0.2, 0.25) is 0 Å². The molecule has 2 nitrogen and oxygen atoms in total. The lowest BCUT2D eigenvalue weighted by molar-refractivity contribution is -0.270. The molecule has 134 valence electrons. The first kappa shape index (κ1) is 18.8. The summed E-state index contributed by atoms with van der Waals surface area (Å²) in [6, 6.07) is 11.6. The summed E-state index contributed by atoms with van der Waals surface area (Å²) < 4.78 is 76.5. The number of hydrogen-bond donors (Lipinski definition) is 1. The van der Waals surface area contributed by atoms with E-state index in [1.807, 2.05) is 0 Å². The summed E-state index contributed by atoms with van der Waals surface area (Å²) in [5.74, 6) is -8.58. The quantitative estimate of drug-likeness (QED) is 0.785. The van der Waals surface area contributed by atoms with Crippen molar-refractivity contribution in [3.63, 3.8) is 0 Å². The monoisotopic (exact) mass is 361 g/mol. The zero-order valence-corrected chi connectivity index (χ0v) is 12.7. The maximum atomic E-state index is 13.2. The molecule has 2 aromatic rings. The average molecular weight is 361 g/mol. The second kappa shape index (κ2) is 7.16. The van der Waals surface area contributed by atoms with Crippen LogP contribution in [0.1, 0.15) is 17.2 Å². The van der Waals surface area contributed by atoms with Gasteiger partial charge in [0, 0.05) is 0 Å². The van der Waals surface area contributed by atoms with E-state index < -0.39 is 29.9 Å². The van der Waals surface area contributed by atoms with Crippen LogP contribution in [0.3, 0.4) is 0 Å². The molecule has 0 aliphatic heterocycles. The number of benzene rings is 2. The van der Waals surface area contributed by atoms with Crippen LogP contribution < -0.4 is 5.32 Å². The maximum Gasteiger partial charge on any atom is 0.463 e. The Balaban J connectivity index is 2.28. The largest absolute Gasteiger partial charge is 0.463 e. The number of halogens is 6. The highest BCUT2D eigenvalue weighted by atomic mass is 19.4. The molecule has 25 heavy (non-hydrogen) atoms. The SMILES string of the molecule is O=C(N[C@@H](Cc1ccccc1)c1ccc(F)cc1)C(F)(F)C(F)(F)F.